The van der Waals surface area contributed by atoms with Crippen LogP contribution in [0.3, 0.4) is 0 Å². The Labute approximate surface area is 165 Å². The molecule has 2 amide bonds. The van der Waals surface area contributed by atoms with E-state index in [4.69, 9.17) is 11.6 Å². The Morgan fingerprint density at radius 1 is 1.11 bits per heavy atom. The molecule has 0 atom stereocenters. The van der Waals surface area contributed by atoms with Crippen molar-refractivity contribution in [2.24, 2.45) is 0 Å². The van der Waals surface area contributed by atoms with Gasteiger partial charge in [-0.15, -0.1) is 0 Å². The summed E-state index contributed by atoms with van der Waals surface area (Å²) in [6.07, 6.45) is 1.94. The van der Waals surface area contributed by atoms with E-state index in [1.165, 1.54) is 4.57 Å². The Morgan fingerprint density at radius 2 is 1.86 bits per heavy atom. The summed E-state index contributed by atoms with van der Waals surface area (Å²) >= 11 is 6.07. The number of hydrogen-bond donors (Lipinski definition) is 2. The van der Waals surface area contributed by atoms with E-state index in [0.29, 0.717) is 40.4 Å². The zero-order chi connectivity index (χ0) is 19.7. The summed E-state index contributed by atoms with van der Waals surface area (Å²) in [5, 5.41) is 3.18. The van der Waals surface area contributed by atoms with Crippen molar-refractivity contribution in [3.05, 3.63) is 63.5 Å². The molecule has 0 aliphatic carbocycles. The van der Waals surface area contributed by atoms with Crippen LogP contribution < -0.4 is 11.0 Å². The monoisotopic (exact) mass is 398 g/mol. The Kier molecular flexibility index (Phi) is 4.92. The van der Waals surface area contributed by atoms with Crippen molar-refractivity contribution in [2.75, 3.05) is 18.4 Å². The van der Waals surface area contributed by atoms with Gasteiger partial charge in [-0.2, -0.15) is 0 Å². The lowest BCUT2D eigenvalue weighted by Gasteiger charge is -2.18. The summed E-state index contributed by atoms with van der Waals surface area (Å²) in [5.41, 5.74) is 1.69. The second-order valence-electron chi connectivity index (χ2n) is 6.77. The first-order valence-corrected chi connectivity index (χ1v) is 9.47. The van der Waals surface area contributed by atoms with Gasteiger partial charge >= 0.3 is 5.69 Å². The van der Waals surface area contributed by atoms with Crippen LogP contribution in [0, 0.1) is 0 Å². The molecule has 0 saturated carbocycles. The molecule has 1 aliphatic rings. The minimum atomic E-state index is -0.398. The predicted molar refractivity (Wildman–Crippen MR) is 108 cm³/mol. The van der Waals surface area contributed by atoms with Gasteiger partial charge in [0.1, 0.15) is 6.54 Å². The third kappa shape index (κ3) is 3.53. The lowest BCUT2D eigenvalue weighted by atomic mass is 10.1. The fraction of sp³-hybridized carbons (Fsp3) is 0.250. The summed E-state index contributed by atoms with van der Waals surface area (Å²) in [7, 11) is 0. The number of likely N-dealkylation sites (tertiary alicyclic amines) is 1. The van der Waals surface area contributed by atoms with Crippen LogP contribution in [0.1, 0.15) is 23.2 Å². The molecule has 4 rings (SSSR count). The number of aromatic amines is 1. The second-order valence-corrected chi connectivity index (χ2v) is 7.21. The maximum atomic E-state index is 12.8. The second kappa shape index (κ2) is 7.52. The zero-order valence-corrected chi connectivity index (χ0v) is 15.8. The molecule has 0 bridgehead atoms. The number of hydrogen-bond acceptors (Lipinski definition) is 3. The van der Waals surface area contributed by atoms with Crippen LogP contribution in [0.25, 0.3) is 11.0 Å². The molecule has 0 unspecified atom stereocenters. The van der Waals surface area contributed by atoms with E-state index in [-0.39, 0.29) is 18.1 Å². The number of nitrogens with one attached hydrogen (secondary N) is 2. The molecule has 0 spiro atoms. The first-order valence-electron chi connectivity index (χ1n) is 9.09. The van der Waals surface area contributed by atoms with Crippen LogP contribution in [-0.4, -0.2) is 39.4 Å². The van der Waals surface area contributed by atoms with Crippen LogP contribution in [0.15, 0.2) is 47.3 Å². The standard InChI is InChI=1S/C20H19ClN4O3/c21-13-7-8-15(14(11-13)19(27)24-9-3-4-10-24)22-18(26)12-25-17-6-2-1-5-16(17)23-20(25)28/h1-2,5-8,11H,3-4,9-10,12H2,(H,22,26)(H,23,28). The van der Waals surface area contributed by atoms with Crippen LogP contribution in [0.5, 0.6) is 0 Å². The van der Waals surface area contributed by atoms with Crippen molar-refractivity contribution in [3.63, 3.8) is 0 Å². The van der Waals surface area contributed by atoms with E-state index in [1.54, 1.807) is 41.3 Å². The number of para-hydroxylation sites is 2. The molecule has 1 aromatic heterocycles. The van der Waals surface area contributed by atoms with E-state index in [1.807, 2.05) is 6.07 Å². The van der Waals surface area contributed by atoms with Crippen molar-refractivity contribution < 1.29 is 9.59 Å². The number of halogens is 1. The quantitative estimate of drug-likeness (QED) is 0.708. The summed E-state index contributed by atoms with van der Waals surface area (Å²) in [6.45, 7) is 1.23. The van der Waals surface area contributed by atoms with Crippen LogP contribution in [-0.2, 0) is 11.3 Å². The lowest BCUT2D eigenvalue weighted by molar-refractivity contribution is -0.116. The van der Waals surface area contributed by atoms with Gasteiger partial charge in [-0.05, 0) is 43.2 Å². The summed E-state index contributed by atoms with van der Waals surface area (Å²) in [4.78, 5) is 42.1. The van der Waals surface area contributed by atoms with Crippen molar-refractivity contribution in [3.8, 4) is 0 Å². The summed E-state index contributed by atoms with van der Waals surface area (Å²) < 4.78 is 1.36. The molecule has 2 heterocycles. The third-order valence-corrected chi connectivity index (χ3v) is 5.10. The van der Waals surface area contributed by atoms with E-state index >= 15 is 0 Å². The van der Waals surface area contributed by atoms with Gasteiger partial charge in [0, 0.05) is 18.1 Å². The molecule has 144 valence electrons. The average molecular weight is 399 g/mol. The normalized spacial score (nSPS) is 13.8. The minimum Gasteiger partial charge on any atom is -0.339 e. The summed E-state index contributed by atoms with van der Waals surface area (Å²) in [6, 6.07) is 12.0. The van der Waals surface area contributed by atoms with Crippen LogP contribution in [0.2, 0.25) is 5.02 Å². The Morgan fingerprint density at radius 3 is 2.64 bits per heavy atom. The highest BCUT2D eigenvalue weighted by Gasteiger charge is 2.23. The van der Waals surface area contributed by atoms with Crippen molar-refractivity contribution >= 4 is 40.1 Å². The molecule has 1 fully saturated rings. The highest BCUT2D eigenvalue weighted by atomic mass is 35.5. The molecule has 8 heteroatoms. The zero-order valence-electron chi connectivity index (χ0n) is 15.1. The van der Waals surface area contributed by atoms with Crippen molar-refractivity contribution in [1.29, 1.82) is 0 Å². The SMILES string of the molecule is O=C(Cn1c(=O)[nH]c2ccccc21)Nc1ccc(Cl)cc1C(=O)N1CCCC1. The van der Waals surface area contributed by atoms with Gasteiger partial charge in [-0.25, -0.2) is 4.79 Å². The number of fused-ring (bicyclic) bond motifs is 1. The van der Waals surface area contributed by atoms with Crippen molar-refractivity contribution in [2.45, 2.75) is 19.4 Å². The first kappa shape index (κ1) is 18.3. The maximum Gasteiger partial charge on any atom is 0.326 e. The minimum absolute atomic E-state index is 0.153. The molecule has 7 nitrogen and oxygen atoms in total. The van der Waals surface area contributed by atoms with Gasteiger partial charge in [-0.1, -0.05) is 23.7 Å². The van der Waals surface area contributed by atoms with E-state index < -0.39 is 5.91 Å². The topological polar surface area (TPSA) is 87.2 Å². The molecule has 2 N–H and O–H groups in total. The van der Waals surface area contributed by atoms with Gasteiger partial charge in [0.15, 0.2) is 0 Å². The largest absolute Gasteiger partial charge is 0.339 e. The molecular formula is C20H19ClN4O3. The summed E-state index contributed by atoms with van der Waals surface area (Å²) in [5.74, 6) is -0.552. The Bertz CT molecular complexity index is 1110. The van der Waals surface area contributed by atoms with Gasteiger partial charge in [-0.3, -0.25) is 14.2 Å². The molecule has 3 aromatic rings. The predicted octanol–water partition coefficient (Wildman–Crippen LogP) is 2.86. The smallest absolute Gasteiger partial charge is 0.326 e. The molecule has 28 heavy (non-hydrogen) atoms. The number of imidazole rings is 1. The molecule has 0 radical (unpaired) electrons. The number of aromatic nitrogens is 2. The van der Waals surface area contributed by atoms with Crippen LogP contribution >= 0.6 is 11.6 Å². The first-order chi connectivity index (χ1) is 13.5. The molecule has 2 aromatic carbocycles. The molecule has 1 aliphatic heterocycles. The Balaban J connectivity index is 1.58. The van der Waals surface area contributed by atoms with Gasteiger partial charge in [0.2, 0.25) is 5.91 Å². The lowest BCUT2D eigenvalue weighted by Crippen LogP contribution is -2.30. The van der Waals surface area contributed by atoms with Crippen LogP contribution in [0.4, 0.5) is 5.69 Å². The highest BCUT2D eigenvalue weighted by molar-refractivity contribution is 6.31. The maximum absolute atomic E-state index is 12.8. The number of benzene rings is 2. The van der Waals surface area contributed by atoms with E-state index in [9.17, 15) is 14.4 Å². The number of rotatable bonds is 4. The number of amides is 2. The fourth-order valence-corrected chi connectivity index (χ4v) is 3.66. The fourth-order valence-electron chi connectivity index (χ4n) is 3.49. The number of carbonyl (C=O) groups is 2. The third-order valence-electron chi connectivity index (χ3n) is 4.86. The number of H-pyrrole nitrogens is 1. The Hall–Kier alpha value is -3.06. The van der Waals surface area contributed by atoms with E-state index in [2.05, 4.69) is 10.3 Å². The van der Waals surface area contributed by atoms with Crippen molar-refractivity contribution in [1.82, 2.24) is 14.5 Å². The highest BCUT2D eigenvalue weighted by Crippen LogP contribution is 2.24. The van der Waals surface area contributed by atoms with Gasteiger partial charge in [0.25, 0.3) is 5.91 Å². The number of nitrogens with zero attached hydrogens (tertiary/aromatic N) is 2. The molecular weight excluding hydrogens is 380 g/mol. The average Bonchev–Trinajstić information content (AvgIpc) is 3.31. The number of carbonyl (C=O) groups excluding carboxylic acids is 2. The van der Waals surface area contributed by atoms with Gasteiger partial charge < -0.3 is 15.2 Å². The van der Waals surface area contributed by atoms with Gasteiger partial charge in [0.05, 0.1) is 22.3 Å². The van der Waals surface area contributed by atoms with E-state index in [0.717, 1.165) is 12.8 Å². The number of anilines is 1. The molecule has 1 saturated heterocycles.